The molecule has 0 aliphatic carbocycles. The molecule has 2 aromatic carbocycles. The van der Waals surface area contributed by atoms with E-state index in [0.29, 0.717) is 21.4 Å². The highest BCUT2D eigenvalue weighted by Crippen LogP contribution is 2.30. The molecule has 2 aromatic rings. The number of hydrogen-bond donors (Lipinski definition) is 2. The first-order chi connectivity index (χ1) is 9.08. The van der Waals surface area contributed by atoms with Crippen LogP contribution in [-0.2, 0) is 5.75 Å². The molecule has 0 bridgehead atoms. The van der Waals surface area contributed by atoms with Crippen LogP contribution in [0.4, 0.5) is 5.69 Å². The van der Waals surface area contributed by atoms with Gasteiger partial charge in [0, 0.05) is 21.4 Å². The summed E-state index contributed by atoms with van der Waals surface area (Å²) >= 11 is 7.48. The molecule has 0 atom stereocenters. The molecule has 0 unspecified atom stereocenters. The van der Waals surface area contributed by atoms with Crippen molar-refractivity contribution in [2.45, 2.75) is 10.6 Å². The van der Waals surface area contributed by atoms with E-state index in [1.54, 1.807) is 12.1 Å². The highest BCUT2D eigenvalue weighted by molar-refractivity contribution is 7.98. The molecule has 2 rings (SSSR count). The number of carboxylic acids is 1. The second kappa shape index (κ2) is 5.99. The van der Waals surface area contributed by atoms with Crippen LogP contribution in [0.25, 0.3) is 0 Å². The van der Waals surface area contributed by atoms with Gasteiger partial charge in [-0.15, -0.1) is 11.8 Å². The highest BCUT2D eigenvalue weighted by atomic mass is 35.5. The summed E-state index contributed by atoms with van der Waals surface area (Å²) in [6.07, 6.45) is 0. The van der Waals surface area contributed by atoms with Crippen molar-refractivity contribution in [3.63, 3.8) is 0 Å². The van der Waals surface area contributed by atoms with Gasteiger partial charge in [0.1, 0.15) is 0 Å². The maximum Gasteiger partial charge on any atom is 0.336 e. The zero-order valence-electron chi connectivity index (χ0n) is 9.97. The summed E-state index contributed by atoms with van der Waals surface area (Å²) in [5, 5.41) is 9.80. The second-order valence-electron chi connectivity index (χ2n) is 3.94. The summed E-state index contributed by atoms with van der Waals surface area (Å²) in [7, 11) is 0. The SMILES string of the molecule is Nc1ccc(C(=O)O)c(SCc2ccccc2Cl)c1. The van der Waals surface area contributed by atoms with Gasteiger partial charge in [0.2, 0.25) is 0 Å². The van der Waals surface area contributed by atoms with E-state index >= 15 is 0 Å². The molecular formula is C14H12ClNO2S. The Labute approximate surface area is 120 Å². The first kappa shape index (κ1) is 13.8. The Bertz CT molecular complexity index is 616. The van der Waals surface area contributed by atoms with Crippen LogP contribution in [0, 0.1) is 0 Å². The Kier molecular flexibility index (Phi) is 4.35. The monoisotopic (exact) mass is 293 g/mol. The third-order valence-electron chi connectivity index (χ3n) is 2.58. The van der Waals surface area contributed by atoms with Crippen LogP contribution in [0.1, 0.15) is 15.9 Å². The van der Waals surface area contributed by atoms with E-state index < -0.39 is 5.97 Å². The smallest absolute Gasteiger partial charge is 0.336 e. The average molecular weight is 294 g/mol. The molecule has 0 spiro atoms. The Morgan fingerprint density at radius 2 is 2.00 bits per heavy atom. The van der Waals surface area contributed by atoms with Gasteiger partial charge in [-0.1, -0.05) is 29.8 Å². The zero-order valence-corrected chi connectivity index (χ0v) is 11.5. The fourth-order valence-corrected chi connectivity index (χ4v) is 2.98. The van der Waals surface area contributed by atoms with Gasteiger partial charge in [-0.2, -0.15) is 0 Å². The molecule has 19 heavy (non-hydrogen) atoms. The summed E-state index contributed by atoms with van der Waals surface area (Å²) in [4.78, 5) is 11.8. The molecule has 0 saturated carbocycles. The third-order valence-corrected chi connectivity index (χ3v) is 4.05. The Hall–Kier alpha value is -1.65. The molecule has 0 radical (unpaired) electrons. The molecule has 0 aliphatic rings. The van der Waals surface area contributed by atoms with Crippen molar-refractivity contribution in [1.29, 1.82) is 0 Å². The van der Waals surface area contributed by atoms with Gasteiger partial charge < -0.3 is 10.8 Å². The molecule has 0 aromatic heterocycles. The van der Waals surface area contributed by atoms with Gasteiger partial charge >= 0.3 is 5.97 Å². The molecule has 0 heterocycles. The molecule has 3 nitrogen and oxygen atoms in total. The third kappa shape index (κ3) is 3.43. The largest absolute Gasteiger partial charge is 0.478 e. The van der Waals surface area contributed by atoms with Crippen molar-refractivity contribution in [2.75, 3.05) is 5.73 Å². The summed E-state index contributed by atoms with van der Waals surface area (Å²) < 4.78 is 0. The summed E-state index contributed by atoms with van der Waals surface area (Å²) in [5.74, 6) is -0.356. The van der Waals surface area contributed by atoms with E-state index in [-0.39, 0.29) is 5.56 Å². The van der Waals surface area contributed by atoms with Crippen LogP contribution in [-0.4, -0.2) is 11.1 Å². The van der Waals surface area contributed by atoms with Crippen molar-refractivity contribution in [3.8, 4) is 0 Å². The van der Waals surface area contributed by atoms with Crippen LogP contribution < -0.4 is 5.73 Å². The summed E-state index contributed by atoms with van der Waals surface area (Å²) in [6, 6.07) is 12.3. The van der Waals surface area contributed by atoms with Gasteiger partial charge in [0.25, 0.3) is 0 Å². The maximum atomic E-state index is 11.1. The minimum absolute atomic E-state index is 0.256. The zero-order chi connectivity index (χ0) is 13.8. The lowest BCUT2D eigenvalue weighted by Crippen LogP contribution is -2.00. The Morgan fingerprint density at radius 1 is 1.26 bits per heavy atom. The van der Waals surface area contributed by atoms with Crippen LogP contribution in [0.15, 0.2) is 47.4 Å². The van der Waals surface area contributed by atoms with E-state index in [9.17, 15) is 4.79 Å². The Morgan fingerprint density at radius 3 is 2.68 bits per heavy atom. The van der Waals surface area contributed by atoms with Crippen molar-refractivity contribution >= 4 is 35.0 Å². The fraction of sp³-hybridized carbons (Fsp3) is 0.0714. The van der Waals surface area contributed by atoms with E-state index in [1.165, 1.54) is 17.8 Å². The first-order valence-electron chi connectivity index (χ1n) is 5.57. The van der Waals surface area contributed by atoms with Crippen molar-refractivity contribution in [1.82, 2.24) is 0 Å². The number of rotatable bonds is 4. The molecule has 0 aliphatic heterocycles. The van der Waals surface area contributed by atoms with Gasteiger partial charge in [-0.25, -0.2) is 4.79 Å². The lowest BCUT2D eigenvalue weighted by atomic mass is 10.2. The second-order valence-corrected chi connectivity index (χ2v) is 5.37. The van der Waals surface area contributed by atoms with E-state index in [2.05, 4.69) is 0 Å². The van der Waals surface area contributed by atoms with Gasteiger partial charge in [0.15, 0.2) is 0 Å². The molecule has 0 amide bonds. The Balaban J connectivity index is 2.22. The standard InChI is InChI=1S/C14H12ClNO2S/c15-12-4-2-1-3-9(12)8-19-13-7-10(16)5-6-11(13)14(17)18/h1-7H,8,16H2,(H,17,18). The van der Waals surface area contributed by atoms with Gasteiger partial charge in [-0.3, -0.25) is 0 Å². The molecule has 5 heteroatoms. The van der Waals surface area contributed by atoms with E-state index in [4.69, 9.17) is 22.4 Å². The molecule has 3 N–H and O–H groups in total. The number of nitrogens with two attached hydrogens (primary N) is 1. The van der Waals surface area contributed by atoms with E-state index in [1.807, 2.05) is 24.3 Å². The minimum atomic E-state index is -0.957. The number of benzene rings is 2. The molecule has 98 valence electrons. The number of carbonyl (C=O) groups is 1. The van der Waals surface area contributed by atoms with Crippen molar-refractivity contribution in [2.24, 2.45) is 0 Å². The lowest BCUT2D eigenvalue weighted by molar-refractivity contribution is 0.0693. The molecule has 0 fully saturated rings. The fourth-order valence-electron chi connectivity index (χ4n) is 1.61. The van der Waals surface area contributed by atoms with Crippen LogP contribution in [0.2, 0.25) is 5.02 Å². The number of carboxylic acid groups (broad SMARTS) is 1. The van der Waals surface area contributed by atoms with Gasteiger partial charge in [0.05, 0.1) is 5.56 Å². The molecule has 0 saturated heterocycles. The van der Waals surface area contributed by atoms with Crippen LogP contribution in [0.3, 0.4) is 0 Å². The van der Waals surface area contributed by atoms with Gasteiger partial charge in [-0.05, 0) is 29.8 Å². The maximum absolute atomic E-state index is 11.1. The first-order valence-corrected chi connectivity index (χ1v) is 6.93. The number of nitrogen functional groups attached to an aromatic ring is 1. The predicted molar refractivity (Wildman–Crippen MR) is 78.8 cm³/mol. The number of aromatic carboxylic acids is 1. The summed E-state index contributed by atoms with van der Waals surface area (Å²) in [5.41, 5.74) is 7.46. The minimum Gasteiger partial charge on any atom is -0.478 e. The van der Waals surface area contributed by atoms with E-state index in [0.717, 1.165) is 5.56 Å². The highest BCUT2D eigenvalue weighted by Gasteiger charge is 2.11. The number of halogens is 1. The van der Waals surface area contributed by atoms with Crippen LogP contribution >= 0.6 is 23.4 Å². The van der Waals surface area contributed by atoms with Crippen molar-refractivity contribution < 1.29 is 9.90 Å². The topological polar surface area (TPSA) is 63.3 Å². The lowest BCUT2D eigenvalue weighted by Gasteiger charge is -2.08. The predicted octanol–water partition coefficient (Wildman–Crippen LogP) is 3.91. The quantitative estimate of drug-likeness (QED) is 0.662. The van der Waals surface area contributed by atoms with Crippen LogP contribution in [0.5, 0.6) is 0 Å². The number of anilines is 1. The number of hydrogen-bond acceptors (Lipinski definition) is 3. The van der Waals surface area contributed by atoms with Crippen molar-refractivity contribution in [3.05, 3.63) is 58.6 Å². The average Bonchev–Trinajstić information content (AvgIpc) is 2.37. The molecular weight excluding hydrogens is 282 g/mol. The normalized spacial score (nSPS) is 10.4. The number of thioether (sulfide) groups is 1. The summed E-state index contributed by atoms with van der Waals surface area (Å²) in [6.45, 7) is 0.